The molecule has 0 heterocycles. The highest BCUT2D eigenvalue weighted by Gasteiger charge is 2.24. The van der Waals surface area contributed by atoms with E-state index >= 15 is 0 Å². The minimum Gasteiger partial charge on any atom is -0.399 e. The molecule has 0 saturated heterocycles. The van der Waals surface area contributed by atoms with Crippen molar-refractivity contribution in [2.75, 3.05) is 17.7 Å². The Balaban J connectivity index is 1.68. The van der Waals surface area contributed by atoms with Crippen molar-refractivity contribution in [3.63, 3.8) is 0 Å². The van der Waals surface area contributed by atoms with Crippen LogP contribution in [0.15, 0.2) is 24.3 Å². The second-order valence-corrected chi connectivity index (χ2v) is 6.33. The van der Waals surface area contributed by atoms with Gasteiger partial charge in [-0.05, 0) is 55.4 Å². The van der Waals surface area contributed by atoms with Gasteiger partial charge in [-0.3, -0.25) is 4.79 Å². The van der Waals surface area contributed by atoms with Crippen molar-refractivity contribution in [1.29, 1.82) is 0 Å². The number of nitrogens with two attached hydrogens (primary N) is 1. The SMILES string of the molecule is CC1CC(C)CC(OCCC(=O)Nc2ccc(N)cc2)C1. The number of nitrogen functional groups attached to an aromatic ring is 1. The van der Waals surface area contributed by atoms with Gasteiger partial charge in [0.1, 0.15) is 0 Å². The van der Waals surface area contributed by atoms with E-state index in [1.165, 1.54) is 6.42 Å². The fourth-order valence-electron chi connectivity index (χ4n) is 3.12. The van der Waals surface area contributed by atoms with Crippen LogP contribution in [0.3, 0.4) is 0 Å². The molecule has 1 fully saturated rings. The largest absolute Gasteiger partial charge is 0.399 e. The van der Waals surface area contributed by atoms with Gasteiger partial charge < -0.3 is 15.8 Å². The number of nitrogens with one attached hydrogen (secondary N) is 1. The average Bonchev–Trinajstić information content (AvgIpc) is 2.40. The summed E-state index contributed by atoms with van der Waals surface area (Å²) < 4.78 is 5.87. The van der Waals surface area contributed by atoms with Gasteiger partial charge in [-0.2, -0.15) is 0 Å². The van der Waals surface area contributed by atoms with Crippen LogP contribution in [-0.4, -0.2) is 18.6 Å². The number of rotatable bonds is 5. The van der Waals surface area contributed by atoms with E-state index in [-0.39, 0.29) is 5.91 Å². The molecule has 0 aliphatic heterocycles. The van der Waals surface area contributed by atoms with Crippen LogP contribution in [0.2, 0.25) is 0 Å². The normalized spacial score (nSPS) is 25.5. The first-order valence-corrected chi connectivity index (χ1v) is 7.80. The van der Waals surface area contributed by atoms with E-state index < -0.39 is 0 Å². The highest BCUT2D eigenvalue weighted by atomic mass is 16.5. The van der Waals surface area contributed by atoms with Gasteiger partial charge in [-0.25, -0.2) is 0 Å². The lowest BCUT2D eigenvalue weighted by atomic mass is 9.82. The maximum atomic E-state index is 11.8. The molecule has 0 radical (unpaired) electrons. The average molecular weight is 290 g/mol. The highest BCUT2D eigenvalue weighted by Crippen LogP contribution is 2.30. The minimum atomic E-state index is -0.0170. The molecule has 0 aromatic heterocycles. The highest BCUT2D eigenvalue weighted by molar-refractivity contribution is 5.90. The first kappa shape index (κ1) is 15.8. The Morgan fingerprint density at radius 3 is 2.43 bits per heavy atom. The molecule has 4 heteroatoms. The molecule has 1 amide bonds. The predicted molar refractivity (Wildman–Crippen MR) is 86.0 cm³/mol. The van der Waals surface area contributed by atoms with E-state index in [9.17, 15) is 4.79 Å². The number of amides is 1. The molecule has 2 atom stereocenters. The summed E-state index contributed by atoms with van der Waals surface area (Å²) in [4.78, 5) is 11.8. The number of ether oxygens (including phenoxy) is 1. The van der Waals surface area contributed by atoms with Crippen LogP contribution in [0.25, 0.3) is 0 Å². The van der Waals surface area contributed by atoms with Crippen LogP contribution >= 0.6 is 0 Å². The van der Waals surface area contributed by atoms with Crippen LogP contribution in [-0.2, 0) is 9.53 Å². The van der Waals surface area contributed by atoms with E-state index in [1.54, 1.807) is 24.3 Å². The molecule has 1 aromatic carbocycles. The summed E-state index contributed by atoms with van der Waals surface area (Å²) in [5.74, 6) is 1.43. The molecule has 0 spiro atoms. The van der Waals surface area contributed by atoms with Gasteiger partial charge in [-0.15, -0.1) is 0 Å². The summed E-state index contributed by atoms with van der Waals surface area (Å²) in [6, 6.07) is 7.16. The van der Waals surface area contributed by atoms with E-state index in [1.807, 2.05) is 0 Å². The Kier molecular flexibility index (Phi) is 5.62. The fraction of sp³-hybridized carbons (Fsp3) is 0.588. The standard InChI is InChI=1S/C17H26N2O2/c1-12-9-13(2)11-16(10-12)21-8-7-17(20)19-15-5-3-14(18)4-6-15/h3-6,12-13,16H,7-11,18H2,1-2H3,(H,19,20). The van der Waals surface area contributed by atoms with Crippen molar-refractivity contribution in [3.8, 4) is 0 Å². The van der Waals surface area contributed by atoms with Crippen LogP contribution < -0.4 is 11.1 Å². The van der Waals surface area contributed by atoms with E-state index in [4.69, 9.17) is 10.5 Å². The van der Waals surface area contributed by atoms with Crippen molar-refractivity contribution in [1.82, 2.24) is 0 Å². The Morgan fingerprint density at radius 1 is 1.19 bits per heavy atom. The second kappa shape index (κ2) is 7.46. The summed E-state index contributed by atoms with van der Waals surface area (Å²) in [6.45, 7) is 5.05. The lowest BCUT2D eigenvalue weighted by molar-refractivity contribution is -0.118. The van der Waals surface area contributed by atoms with Crippen LogP contribution in [0, 0.1) is 11.8 Å². The van der Waals surface area contributed by atoms with Gasteiger partial charge in [0.15, 0.2) is 0 Å². The van der Waals surface area contributed by atoms with Gasteiger partial charge in [0.25, 0.3) is 0 Å². The lowest BCUT2D eigenvalue weighted by Gasteiger charge is -2.31. The zero-order valence-corrected chi connectivity index (χ0v) is 13.0. The number of benzene rings is 1. The smallest absolute Gasteiger partial charge is 0.226 e. The van der Waals surface area contributed by atoms with E-state index in [0.717, 1.165) is 30.4 Å². The van der Waals surface area contributed by atoms with Crippen molar-refractivity contribution in [2.24, 2.45) is 11.8 Å². The third-order valence-electron chi connectivity index (χ3n) is 4.01. The van der Waals surface area contributed by atoms with Gasteiger partial charge in [-0.1, -0.05) is 13.8 Å². The molecule has 21 heavy (non-hydrogen) atoms. The van der Waals surface area contributed by atoms with Crippen molar-refractivity contribution in [2.45, 2.75) is 45.6 Å². The maximum absolute atomic E-state index is 11.8. The molecule has 1 saturated carbocycles. The van der Waals surface area contributed by atoms with Gasteiger partial charge in [0.05, 0.1) is 19.1 Å². The summed E-state index contributed by atoms with van der Waals surface area (Å²) >= 11 is 0. The summed E-state index contributed by atoms with van der Waals surface area (Å²) in [5.41, 5.74) is 7.07. The predicted octanol–water partition coefficient (Wildman–Crippen LogP) is 3.44. The molecule has 4 nitrogen and oxygen atoms in total. The second-order valence-electron chi connectivity index (χ2n) is 6.33. The van der Waals surface area contributed by atoms with E-state index in [0.29, 0.717) is 24.8 Å². The monoisotopic (exact) mass is 290 g/mol. The maximum Gasteiger partial charge on any atom is 0.226 e. The molecule has 1 aliphatic rings. The number of anilines is 2. The Hall–Kier alpha value is -1.55. The number of hydrogen-bond acceptors (Lipinski definition) is 3. The molecule has 0 bridgehead atoms. The molecule has 2 unspecified atom stereocenters. The summed E-state index contributed by atoms with van der Waals surface area (Å²) in [5, 5.41) is 2.85. The van der Waals surface area contributed by atoms with Gasteiger partial charge in [0, 0.05) is 11.4 Å². The Bertz CT molecular complexity index is 448. The summed E-state index contributed by atoms with van der Waals surface area (Å²) in [7, 11) is 0. The quantitative estimate of drug-likeness (QED) is 0.816. The molecule has 1 aliphatic carbocycles. The van der Waals surface area contributed by atoms with Gasteiger partial charge >= 0.3 is 0 Å². The van der Waals surface area contributed by atoms with Crippen molar-refractivity contribution in [3.05, 3.63) is 24.3 Å². The molecule has 1 aromatic rings. The first-order valence-electron chi connectivity index (χ1n) is 7.80. The van der Waals surface area contributed by atoms with Gasteiger partial charge in [0.2, 0.25) is 5.91 Å². The van der Waals surface area contributed by atoms with E-state index in [2.05, 4.69) is 19.2 Å². The molecule has 2 rings (SSSR count). The zero-order chi connectivity index (χ0) is 15.2. The van der Waals surface area contributed by atoms with Crippen LogP contribution in [0.5, 0.6) is 0 Å². The number of hydrogen-bond donors (Lipinski definition) is 2. The third-order valence-corrected chi connectivity index (χ3v) is 4.01. The van der Waals surface area contributed by atoms with Crippen LogP contribution in [0.4, 0.5) is 11.4 Å². The number of carbonyl (C=O) groups is 1. The topological polar surface area (TPSA) is 64.3 Å². The fourth-order valence-corrected chi connectivity index (χ4v) is 3.12. The van der Waals surface area contributed by atoms with Crippen molar-refractivity contribution >= 4 is 17.3 Å². The molecule has 116 valence electrons. The van der Waals surface area contributed by atoms with Crippen molar-refractivity contribution < 1.29 is 9.53 Å². The Labute approximate surface area is 127 Å². The summed E-state index contributed by atoms with van der Waals surface area (Å²) in [6.07, 6.45) is 4.22. The minimum absolute atomic E-state index is 0.0170. The Morgan fingerprint density at radius 2 is 1.81 bits per heavy atom. The molecular formula is C17H26N2O2. The number of carbonyl (C=O) groups excluding carboxylic acids is 1. The molecular weight excluding hydrogens is 264 g/mol. The zero-order valence-electron chi connectivity index (χ0n) is 13.0. The molecule has 3 N–H and O–H groups in total. The lowest BCUT2D eigenvalue weighted by Crippen LogP contribution is -2.27. The third kappa shape index (κ3) is 5.38. The first-order chi connectivity index (χ1) is 10.0. The van der Waals surface area contributed by atoms with Crippen LogP contribution in [0.1, 0.15) is 39.5 Å².